The molecule has 2 amide bonds. The van der Waals surface area contributed by atoms with Gasteiger partial charge >= 0.3 is 46.0 Å². The van der Waals surface area contributed by atoms with Crippen molar-refractivity contribution in [3.63, 3.8) is 0 Å². The first-order chi connectivity index (χ1) is 10.3. The van der Waals surface area contributed by atoms with E-state index in [2.05, 4.69) is 5.32 Å². The summed E-state index contributed by atoms with van der Waals surface area (Å²) >= 11 is 0. The molecule has 122 valence electrons. The van der Waals surface area contributed by atoms with E-state index < -0.39 is 34.6 Å². The first-order valence-corrected chi connectivity index (χ1v) is 7.52. The third kappa shape index (κ3) is 4.43. The van der Waals surface area contributed by atoms with Crippen molar-refractivity contribution in [3.05, 3.63) is 35.9 Å². The van der Waals surface area contributed by atoms with Crippen molar-refractivity contribution >= 4 is 22.3 Å². The summed E-state index contributed by atoms with van der Waals surface area (Å²) in [4.78, 5) is 23.5. The van der Waals surface area contributed by atoms with Gasteiger partial charge in [0, 0.05) is 7.11 Å². The maximum atomic E-state index is 11.8. The Labute approximate surface area is 156 Å². The van der Waals surface area contributed by atoms with Crippen LogP contribution >= 0.6 is 0 Å². The number of amides is 2. The van der Waals surface area contributed by atoms with Crippen LogP contribution in [0.1, 0.15) is 6.99 Å². The van der Waals surface area contributed by atoms with E-state index in [1.165, 1.54) is 0 Å². The van der Waals surface area contributed by atoms with E-state index >= 15 is 0 Å². The van der Waals surface area contributed by atoms with Crippen LogP contribution in [-0.4, -0.2) is 48.7 Å². The zero-order valence-corrected chi connectivity index (χ0v) is 15.4. The normalized spacial score (nSPS) is 20.3. The van der Waals surface area contributed by atoms with Crippen molar-refractivity contribution in [3.8, 4) is 0 Å². The van der Waals surface area contributed by atoms with Gasteiger partial charge in [0.05, 0.1) is 6.54 Å². The number of alkyl carbamates (subject to hydrolysis) is 1. The molecule has 2 rings (SSSR count). The van der Waals surface area contributed by atoms with Crippen LogP contribution in [0.15, 0.2) is 30.3 Å². The smallest absolute Gasteiger partial charge is 1.00 e. The number of carbonyl (C=O) groups is 2. The number of hydrogen-bond acceptors (Lipinski definition) is 6. The molecule has 1 saturated heterocycles. The van der Waals surface area contributed by atoms with Gasteiger partial charge in [0.25, 0.3) is 5.91 Å². The Morgan fingerprint density at radius 1 is 1.43 bits per heavy atom. The molecule has 1 aliphatic rings. The van der Waals surface area contributed by atoms with E-state index in [1.54, 1.807) is 30.3 Å². The Bertz CT molecular complexity index is 688. The summed E-state index contributed by atoms with van der Waals surface area (Å²) in [5.41, 5.74) is -1.12. The molecule has 0 spiro atoms. The third-order valence-corrected chi connectivity index (χ3v) is 3.93. The largest absolute Gasteiger partial charge is 1.00 e. The molecule has 0 radical (unpaired) electrons. The number of nitrogens with zero attached hydrogens (tertiary/aromatic N) is 1. The fourth-order valence-electron chi connectivity index (χ4n) is 1.86. The van der Waals surface area contributed by atoms with Gasteiger partial charge in [-0.1, -0.05) is 30.3 Å². The maximum Gasteiger partial charge on any atom is 1.00 e. The minimum atomic E-state index is -4.68. The summed E-state index contributed by atoms with van der Waals surface area (Å²) in [5.74, 6) is -1.10. The van der Waals surface area contributed by atoms with Gasteiger partial charge in [-0.15, -0.1) is 0 Å². The molecular formula is C12H15N2NaO7S. The van der Waals surface area contributed by atoms with Crippen LogP contribution in [0.5, 0.6) is 0 Å². The molecule has 1 atom stereocenters. The van der Waals surface area contributed by atoms with Crippen molar-refractivity contribution < 1.29 is 63.0 Å². The first kappa shape index (κ1) is 19.9. The van der Waals surface area contributed by atoms with Crippen LogP contribution < -0.4 is 34.9 Å². The van der Waals surface area contributed by atoms with Crippen LogP contribution in [0.3, 0.4) is 0 Å². The van der Waals surface area contributed by atoms with Gasteiger partial charge in [0.1, 0.15) is 6.61 Å². The molecular weight excluding hydrogens is 339 g/mol. The molecule has 0 bridgehead atoms. The predicted molar refractivity (Wildman–Crippen MR) is 73.9 cm³/mol. The van der Waals surface area contributed by atoms with Crippen LogP contribution in [-0.2, 0) is 31.2 Å². The van der Waals surface area contributed by atoms with E-state index in [0.29, 0.717) is 0 Å². The standard InChI is InChI=1S/C12H14N2O7S.Na.H/c1-20-12(8-14(10(12)15)22(17,18)19)13-11(16)21-7-9-5-3-2-4-6-9;;/h2-6H,7-8H2,1H3,(H,13,16)(H,17,18,19);;/q;+1;-1. The molecule has 1 aliphatic heterocycles. The van der Waals surface area contributed by atoms with Gasteiger partial charge in [-0.2, -0.15) is 8.42 Å². The van der Waals surface area contributed by atoms with Crippen molar-refractivity contribution in [2.75, 3.05) is 13.7 Å². The Morgan fingerprint density at radius 2 is 2.04 bits per heavy atom. The first-order valence-electron chi connectivity index (χ1n) is 6.12. The van der Waals surface area contributed by atoms with Crippen LogP contribution in [0.2, 0.25) is 0 Å². The molecule has 1 aromatic rings. The minimum absolute atomic E-state index is 0. The zero-order chi connectivity index (χ0) is 16.4. The molecule has 2 N–H and O–H groups in total. The average Bonchev–Trinajstić information content (AvgIpc) is 2.48. The quantitative estimate of drug-likeness (QED) is 0.250. The number of ether oxygens (including phenoxy) is 2. The van der Waals surface area contributed by atoms with E-state index in [0.717, 1.165) is 12.7 Å². The zero-order valence-electron chi connectivity index (χ0n) is 13.6. The Hall–Kier alpha value is -1.17. The molecule has 11 heteroatoms. The summed E-state index contributed by atoms with van der Waals surface area (Å²) in [6.07, 6.45) is -0.950. The number of nitrogens with one attached hydrogen (secondary N) is 1. The van der Waals surface area contributed by atoms with Crippen molar-refractivity contribution in [1.82, 2.24) is 9.62 Å². The molecule has 1 fully saturated rings. The predicted octanol–water partition coefficient (Wildman–Crippen LogP) is -2.98. The summed E-state index contributed by atoms with van der Waals surface area (Å²) in [6.45, 7) is -0.565. The molecule has 1 heterocycles. The molecule has 9 nitrogen and oxygen atoms in total. The van der Waals surface area contributed by atoms with E-state index in [-0.39, 0.29) is 41.9 Å². The SMILES string of the molecule is COC1(NC(=O)OCc2ccccc2)CN(S(=O)(=O)O)C1=O.[H-].[Na+]. The summed E-state index contributed by atoms with van der Waals surface area (Å²) in [6, 6.07) is 8.83. The number of methoxy groups -OCH3 is 1. The summed E-state index contributed by atoms with van der Waals surface area (Å²) in [7, 11) is -3.55. The second kappa shape index (κ2) is 7.60. The Kier molecular flexibility index (Phi) is 6.57. The molecule has 0 saturated carbocycles. The molecule has 0 aliphatic carbocycles. The van der Waals surface area contributed by atoms with Gasteiger partial charge < -0.3 is 10.9 Å². The number of rotatable bonds is 5. The number of carbonyl (C=O) groups excluding carboxylic acids is 2. The van der Waals surface area contributed by atoms with Crippen LogP contribution in [0.4, 0.5) is 4.79 Å². The number of β-lactam (4-membered cyclic amide) rings is 1. The minimum Gasteiger partial charge on any atom is -1.00 e. The fraction of sp³-hybridized carbons (Fsp3) is 0.333. The second-order valence-electron chi connectivity index (χ2n) is 4.51. The second-order valence-corrected chi connectivity index (χ2v) is 5.84. The fourth-order valence-corrected chi connectivity index (χ4v) is 2.56. The van der Waals surface area contributed by atoms with E-state index in [4.69, 9.17) is 14.0 Å². The molecule has 1 unspecified atom stereocenters. The molecule has 23 heavy (non-hydrogen) atoms. The van der Waals surface area contributed by atoms with Gasteiger partial charge in [0.2, 0.25) is 5.72 Å². The monoisotopic (exact) mass is 354 g/mol. The maximum absolute atomic E-state index is 11.8. The Balaban J connectivity index is 0.00000264. The summed E-state index contributed by atoms with van der Waals surface area (Å²) < 4.78 is 40.5. The topological polar surface area (TPSA) is 122 Å². The average molecular weight is 354 g/mol. The van der Waals surface area contributed by atoms with Gasteiger partial charge in [-0.3, -0.25) is 14.7 Å². The van der Waals surface area contributed by atoms with Crippen molar-refractivity contribution in [2.24, 2.45) is 0 Å². The number of hydrogen-bond donors (Lipinski definition) is 2. The van der Waals surface area contributed by atoms with Gasteiger partial charge in [-0.25, -0.2) is 9.10 Å². The van der Waals surface area contributed by atoms with E-state index in [9.17, 15) is 18.0 Å². The van der Waals surface area contributed by atoms with E-state index in [1.807, 2.05) is 0 Å². The third-order valence-electron chi connectivity index (χ3n) is 3.08. The summed E-state index contributed by atoms with van der Waals surface area (Å²) in [5, 5.41) is 2.15. The Morgan fingerprint density at radius 3 is 2.52 bits per heavy atom. The van der Waals surface area contributed by atoms with Crippen LogP contribution in [0.25, 0.3) is 0 Å². The van der Waals surface area contributed by atoms with Crippen molar-refractivity contribution in [1.29, 1.82) is 0 Å². The van der Waals surface area contributed by atoms with Crippen molar-refractivity contribution in [2.45, 2.75) is 12.3 Å². The van der Waals surface area contributed by atoms with Crippen LogP contribution in [0, 0.1) is 0 Å². The molecule has 0 aromatic heterocycles. The van der Waals surface area contributed by atoms with Gasteiger partial charge in [0.15, 0.2) is 0 Å². The molecule has 1 aromatic carbocycles. The number of benzene rings is 1. The van der Waals surface area contributed by atoms with Gasteiger partial charge in [-0.05, 0) is 5.56 Å².